The number of carbonyl (C=O) groups is 1. The minimum Gasteiger partial charge on any atom is -0.348 e. The molecule has 160 valence electrons. The molecule has 8 heteroatoms. The molecule has 1 aliphatic rings. The number of hydroxylamine groups is 1. The normalized spacial score (nSPS) is 17.5. The zero-order chi connectivity index (χ0) is 22.0. The minimum atomic E-state index is -0.670. The molecule has 1 N–H and O–H groups in total. The Morgan fingerprint density at radius 2 is 2.26 bits per heavy atom. The highest BCUT2D eigenvalue weighted by Gasteiger charge is 2.33. The quantitative estimate of drug-likeness (QED) is 0.487. The average Bonchev–Trinajstić information content (AvgIpc) is 3.29. The third kappa shape index (κ3) is 4.59. The summed E-state index contributed by atoms with van der Waals surface area (Å²) in [6, 6.07) is 8.07. The van der Waals surface area contributed by atoms with Crippen LogP contribution in [0.4, 0.5) is 4.39 Å². The molecule has 0 spiro atoms. The molecular weight excluding hydrogens is 401 g/mol. The van der Waals surface area contributed by atoms with Crippen LogP contribution in [0.25, 0.3) is 10.9 Å². The van der Waals surface area contributed by atoms with Gasteiger partial charge in [-0.25, -0.2) is 9.87 Å². The second-order valence-electron chi connectivity index (χ2n) is 7.69. The molecule has 1 fully saturated rings. The Balaban J connectivity index is 1.53. The van der Waals surface area contributed by atoms with Crippen molar-refractivity contribution in [3.8, 4) is 12.3 Å². The van der Waals surface area contributed by atoms with E-state index in [1.165, 1.54) is 6.07 Å². The first-order chi connectivity index (χ1) is 14.9. The van der Waals surface area contributed by atoms with Crippen LogP contribution in [0.1, 0.15) is 35.5 Å². The van der Waals surface area contributed by atoms with Crippen LogP contribution >= 0.6 is 0 Å². The van der Waals surface area contributed by atoms with Gasteiger partial charge in [-0.15, -0.1) is 6.42 Å². The number of hydrogen-bond donors (Lipinski definition) is 1. The maximum absolute atomic E-state index is 14.5. The second kappa shape index (κ2) is 8.47. The van der Waals surface area contributed by atoms with E-state index in [4.69, 9.17) is 20.7 Å². The zero-order valence-corrected chi connectivity index (χ0v) is 17.2. The first-order valence-corrected chi connectivity index (χ1v) is 9.78. The Kier molecular flexibility index (Phi) is 5.74. The highest BCUT2D eigenvalue weighted by molar-refractivity contribution is 5.98. The largest absolute Gasteiger partial charge is 0.348 e. The molecule has 1 aliphatic heterocycles. The van der Waals surface area contributed by atoms with E-state index in [2.05, 4.69) is 16.4 Å². The van der Waals surface area contributed by atoms with Gasteiger partial charge < -0.3 is 14.0 Å². The average molecular weight is 423 g/mol. The van der Waals surface area contributed by atoms with Crippen molar-refractivity contribution in [2.45, 2.75) is 32.3 Å². The number of ether oxygens (including phenoxy) is 2. The minimum absolute atomic E-state index is 0.127. The molecule has 1 aromatic carbocycles. The summed E-state index contributed by atoms with van der Waals surface area (Å²) in [6.07, 6.45) is 8.32. The summed E-state index contributed by atoms with van der Waals surface area (Å²) in [4.78, 5) is 22.3. The van der Waals surface area contributed by atoms with E-state index in [1.54, 1.807) is 41.2 Å². The Hall–Kier alpha value is -3.25. The molecule has 3 aromatic rings. The number of hydrogen-bond acceptors (Lipinski definition) is 5. The van der Waals surface area contributed by atoms with Crippen molar-refractivity contribution in [2.75, 3.05) is 13.2 Å². The molecule has 2 aromatic heterocycles. The van der Waals surface area contributed by atoms with Crippen molar-refractivity contribution in [3.05, 3.63) is 65.4 Å². The molecule has 1 amide bonds. The third-order valence-corrected chi connectivity index (χ3v) is 4.99. The fraction of sp³-hybridized carbons (Fsp3) is 0.304. The summed E-state index contributed by atoms with van der Waals surface area (Å²) < 4.78 is 27.3. The SMILES string of the molecule is C#Cc1ccc(Cn2c(C(=O)NOC[C@H]3COC(C)(C)O3)cc3ccncc32)c(F)c1. The number of fused-ring (bicyclic) bond motifs is 1. The highest BCUT2D eigenvalue weighted by Crippen LogP contribution is 2.23. The van der Waals surface area contributed by atoms with Crippen LogP contribution in [0.5, 0.6) is 0 Å². The van der Waals surface area contributed by atoms with Gasteiger partial charge in [0.1, 0.15) is 24.2 Å². The van der Waals surface area contributed by atoms with Crippen LogP contribution in [-0.4, -0.2) is 40.6 Å². The molecular formula is C23H22FN3O4. The zero-order valence-electron chi connectivity index (χ0n) is 17.2. The first kappa shape index (κ1) is 21.0. The number of halogens is 1. The number of rotatable bonds is 6. The molecule has 31 heavy (non-hydrogen) atoms. The summed E-state index contributed by atoms with van der Waals surface area (Å²) in [6.45, 7) is 4.27. The predicted octanol–water partition coefficient (Wildman–Crippen LogP) is 3.02. The van der Waals surface area contributed by atoms with Crippen LogP contribution in [0.3, 0.4) is 0 Å². The topological polar surface area (TPSA) is 74.6 Å². The number of nitrogens with zero attached hydrogens (tertiary/aromatic N) is 2. The molecule has 3 heterocycles. The molecule has 0 aliphatic carbocycles. The van der Waals surface area contributed by atoms with Crippen molar-refractivity contribution in [2.24, 2.45) is 0 Å². The number of carbonyl (C=O) groups excluding carboxylic acids is 1. The van der Waals surface area contributed by atoms with Gasteiger partial charge in [0.05, 0.1) is 24.9 Å². The van der Waals surface area contributed by atoms with Crippen LogP contribution < -0.4 is 5.48 Å². The maximum Gasteiger partial charge on any atom is 0.291 e. The second-order valence-corrected chi connectivity index (χ2v) is 7.69. The van der Waals surface area contributed by atoms with Gasteiger partial charge in [0.2, 0.25) is 0 Å². The number of terminal acetylenes is 1. The van der Waals surface area contributed by atoms with E-state index in [0.717, 1.165) is 5.39 Å². The molecule has 0 bridgehead atoms. The van der Waals surface area contributed by atoms with Gasteiger partial charge in [-0.2, -0.15) is 0 Å². The molecule has 0 unspecified atom stereocenters. The summed E-state index contributed by atoms with van der Waals surface area (Å²) in [7, 11) is 0. The van der Waals surface area contributed by atoms with Crippen molar-refractivity contribution >= 4 is 16.8 Å². The monoisotopic (exact) mass is 423 g/mol. The lowest BCUT2D eigenvalue weighted by molar-refractivity contribution is -0.147. The summed E-state index contributed by atoms with van der Waals surface area (Å²) in [5, 5.41) is 0.801. The van der Waals surface area contributed by atoms with Crippen LogP contribution in [0.15, 0.2) is 42.7 Å². The van der Waals surface area contributed by atoms with Gasteiger partial charge in [-0.1, -0.05) is 12.0 Å². The van der Waals surface area contributed by atoms with Crippen molar-refractivity contribution in [1.29, 1.82) is 0 Å². The van der Waals surface area contributed by atoms with Gasteiger partial charge in [0.25, 0.3) is 5.91 Å². The van der Waals surface area contributed by atoms with Gasteiger partial charge in [-0.3, -0.25) is 14.6 Å². The van der Waals surface area contributed by atoms with E-state index >= 15 is 0 Å². The highest BCUT2D eigenvalue weighted by atomic mass is 19.1. The Bertz CT molecular complexity index is 1170. The number of benzene rings is 1. The summed E-state index contributed by atoms with van der Waals surface area (Å²) >= 11 is 0. The van der Waals surface area contributed by atoms with Gasteiger partial charge in [-0.05, 0) is 38.1 Å². The fourth-order valence-corrected chi connectivity index (χ4v) is 3.49. The smallest absolute Gasteiger partial charge is 0.291 e. The van der Waals surface area contributed by atoms with Crippen molar-refractivity contribution in [3.63, 3.8) is 0 Å². The predicted molar refractivity (Wildman–Crippen MR) is 111 cm³/mol. The third-order valence-electron chi connectivity index (χ3n) is 4.99. The van der Waals surface area contributed by atoms with E-state index in [9.17, 15) is 9.18 Å². The van der Waals surface area contributed by atoms with Crippen LogP contribution in [-0.2, 0) is 20.9 Å². The number of aromatic nitrogens is 2. The Morgan fingerprint density at radius 1 is 1.42 bits per heavy atom. The lowest BCUT2D eigenvalue weighted by Crippen LogP contribution is -2.31. The summed E-state index contributed by atoms with van der Waals surface area (Å²) in [5.74, 6) is 0.835. The first-order valence-electron chi connectivity index (χ1n) is 9.78. The van der Waals surface area contributed by atoms with Crippen molar-refractivity contribution < 1.29 is 23.5 Å². The lowest BCUT2D eigenvalue weighted by atomic mass is 10.1. The molecule has 7 nitrogen and oxygen atoms in total. The Morgan fingerprint density at radius 3 is 2.97 bits per heavy atom. The fourth-order valence-electron chi connectivity index (χ4n) is 3.49. The van der Waals surface area contributed by atoms with E-state index in [1.807, 2.05) is 13.8 Å². The maximum atomic E-state index is 14.5. The standard InChI is InChI=1S/C23H22FN3O4/c1-4-15-5-6-17(19(24)9-15)12-27-20(10-16-7-8-25-11-21(16)27)22(28)26-30-14-18-13-29-23(2,3)31-18/h1,5-11,18H,12-14H2,2-3H3,(H,26,28)/t18-/m1/s1. The molecule has 1 atom stereocenters. The molecule has 4 rings (SSSR count). The van der Waals surface area contributed by atoms with Gasteiger partial charge >= 0.3 is 0 Å². The van der Waals surface area contributed by atoms with Gasteiger partial charge in [0.15, 0.2) is 5.79 Å². The molecule has 0 radical (unpaired) electrons. The van der Waals surface area contributed by atoms with Crippen LogP contribution in [0.2, 0.25) is 0 Å². The van der Waals surface area contributed by atoms with Crippen LogP contribution in [0, 0.1) is 18.2 Å². The lowest BCUT2D eigenvalue weighted by Gasteiger charge is -2.17. The van der Waals surface area contributed by atoms with Gasteiger partial charge in [0, 0.05) is 22.7 Å². The van der Waals surface area contributed by atoms with E-state index in [-0.39, 0.29) is 19.3 Å². The summed E-state index contributed by atoms with van der Waals surface area (Å²) in [5.41, 5.74) is 4.30. The molecule has 0 saturated carbocycles. The molecule has 1 saturated heterocycles. The Labute approximate surface area is 179 Å². The number of amides is 1. The number of nitrogens with one attached hydrogen (secondary N) is 1. The van der Waals surface area contributed by atoms with Crippen molar-refractivity contribution in [1.82, 2.24) is 15.0 Å². The number of pyridine rings is 1. The van der Waals surface area contributed by atoms with E-state index in [0.29, 0.717) is 28.9 Å². The van der Waals surface area contributed by atoms with E-state index < -0.39 is 17.5 Å².